The zero-order valence-corrected chi connectivity index (χ0v) is 16.2. The third-order valence-electron chi connectivity index (χ3n) is 4.30. The number of carbonyl (C=O) groups is 1. The second-order valence-electron chi connectivity index (χ2n) is 6.28. The van der Waals surface area contributed by atoms with Crippen molar-refractivity contribution < 1.29 is 9.53 Å². The molecule has 1 aromatic carbocycles. The molecule has 3 aromatic rings. The second kappa shape index (κ2) is 9.09. The molecule has 8 nitrogen and oxygen atoms in total. The average Bonchev–Trinajstić information content (AvgIpc) is 3.14. The normalized spacial score (nSPS) is 11.8. The first-order valence-electron chi connectivity index (χ1n) is 9.08. The van der Waals surface area contributed by atoms with Gasteiger partial charge in [-0.15, -0.1) is 10.2 Å². The van der Waals surface area contributed by atoms with Crippen molar-refractivity contribution in [1.29, 1.82) is 0 Å². The van der Waals surface area contributed by atoms with E-state index in [0.717, 1.165) is 23.6 Å². The topological polar surface area (TPSA) is 94.0 Å². The molecular weight excluding hydrogens is 356 g/mol. The zero-order chi connectivity index (χ0) is 19.9. The Morgan fingerprint density at radius 2 is 2.07 bits per heavy atom. The summed E-state index contributed by atoms with van der Waals surface area (Å²) >= 11 is 0. The van der Waals surface area contributed by atoms with Crippen LogP contribution in [-0.4, -0.2) is 46.1 Å². The summed E-state index contributed by atoms with van der Waals surface area (Å²) in [5, 5.41) is 18.7. The maximum atomic E-state index is 12.8. The van der Waals surface area contributed by atoms with Gasteiger partial charge in [-0.2, -0.15) is 5.10 Å². The predicted octanol–water partition coefficient (Wildman–Crippen LogP) is 2.43. The maximum absolute atomic E-state index is 12.8. The fraction of sp³-hybridized carbons (Fsp3) is 0.300. The first-order chi connectivity index (χ1) is 13.6. The number of nitrogens with zero attached hydrogens (tertiary/aromatic N) is 4. The number of hydrogen-bond donors (Lipinski definition) is 2. The van der Waals surface area contributed by atoms with Crippen LogP contribution in [0.15, 0.2) is 48.7 Å². The molecule has 1 atom stereocenters. The van der Waals surface area contributed by atoms with E-state index in [1.54, 1.807) is 30.1 Å². The highest BCUT2D eigenvalue weighted by molar-refractivity contribution is 5.95. The van der Waals surface area contributed by atoms with Crippen LogP contribution in [0.3, 0.4) is 0 Å². The van der Waals surface area contributed by atoms with Gasteiger partial charge in [-0.05, 0) is 37.3 Å². The van der Waals surface area contributed by atoms with Gasteiger partial charge in [0.05, 0.1) is 24.0 Å². The summed E-state index contributed by atoms with van der Waals surface area (Å²) < 4.78 is 6.99. The van der Waals surface area contributed by atoms with Crippen LogP contribution in [0.1, 0.15) is 29.0 Å². The highest BCUT2D eigenvalue weighted by atomic mass is 16.5. The van der Waals surface area contributed by atoms with Gasteiger partial charge < -0.3 is 15.4 Å². The molecule has 0 fully saturated rings. The SMILES string of the molecule is CCNc1ccc(-c2cccc(C(=O)NC(COC)c3ccnn3C)c2)nn1. The molecule has 0 bridgehead atoms. The van der Waals surface area contributed by atoms with E-state index in [-0.39, 0.29) is 11.9 Å². The molecule has 146 valence electrons. The molecular formula is C20H24N6O2. The summed E-state index contributed by atoms with van der Waals surface area (Å²) in [6.45, 7) is 3.13. The van der Waals surface area contributed by atoms with E-state index in [0.29, 0.717) is 17.9 Å². The lowest BCUT2D eigenvalue weighted by molar-refractivity contribution is 0.0892. The van der Waals surface area contributed by atoms with E-state index in [1.165, 1.54) is 0 Å². The van der Waals surface area contributed by atoms with E-state index in [9.17, 15) is 4.79 Å². The Hall–Kier alpha value is -3.26. The third kappa shape index (κ3) is 4.52. The second-order valence-corrected chi connectivity index (χ2v) is 6.28. The van der Waals surface area contributed by atoms with Crippen LogP contribution in [-0.2, 0) is 11.8 Å². The van der Waals surface area contributed by atoms with Crippen LogP contribution in [0.5, 0.6) is 0 Å². The summed E-state index contributed by atoms with van der Waals surface area (Å²) in [4.78, 5) is 12.8. The number of benzene rings is 1. The van der Waals surface area contributed by atoms with Crippen molar-refractivity contribution in [3.05, 3.63) is 59.9 Å². The van der Waals surface area contributed by atoms with Crippen molar-refractivity contribution in [2.24, 2.45) is 7.05 Å². The molecule has 0 saturated carbocycles. The number of amides is 1. The van der Waals surface area contributed by atoms with E-state index in [4.69, 9.17) is 4.74 Å². The van der Waals surface area contributed by atoms with Crippen LogP contribution in [0, 0.1) is 0 Å². The molecule has 0 spiro atoms. The van der Waals surface area contributed by atoms with Crippen molar-refractivity contribution in [2.75, 3.05) is 25.6 Å². The Balaban J connectivity index is 1.78. The molecule has 2 heterocycles. The van der Waals surface area contributed by atoms with E-state index < -0.39 is 0 Å². The lowest BCUT2D eigenvalue weighted by atomic mass is 10.1. The molecule has 1 amide bonds. The molecule has 0 saturated heterocycles. The zero-order valence-electron chi connectivity index (χ0n) is 16.2. The van der Waals surface area contributed by atoms with Crippen LogP contribution < -0.4 is 10.6 Å². The molecule has 0 aliphatic carbocycles. The van der Waals surface area contributed by atoms with Crippen molar-refractivity contribution in [1.82, 2.24) is 25.3 Å². The van der Waals surface area contributed by atoms with E-state index in [2.05, 4.69) is 25.9 Å². The molecule has 28 heavy (non-hydrogen) atoms. The number of carbonyl (C=O) groups excluding carboxylic acids is 1. The van der Waals surface area contributed by atoms with Crippen LogP contribution >= 0.6 is 0 Å². The standard InChI is InChI=1S/C20H24N6O2/c1-4-21-19-9-8-16(24-25-19)14-6-5-7-15(12-14)20(27)23-17(13-28-3)18-10-11-22-26(18)2/h5-12,17H,4,13H2,1-3H3,(H,21,25)(H,23,27). The summed E-state index contributed by atoms with van der Waals surface area (Å²) in [6, 6.07) is 12.6. The van der Waals surface area contributed by atoms with Crippen LogP contribution in [0.25, 0.3) is 11.3 Å². The van der Waals surface area contributed by atoms with E-state index >= 15 is 0 Å². The number of aryl methyl sites for hydroxylation is 1. The van der Waals surface area contributed by atoms with Gasteiger partial charge in [-0.3, -0.25) is 9.48 Å². The van der Waals surface area contributed by atoms with Gasteiger partial charge in [0.25, 0.3) is 5.91 Å². The van der Waals surface area contributed by atoms with Crippen molar-refractivity contribution in [3.63, 3.8) is 0 Å². The number of aromatic nitrogens is 4. The fourth-order valence-corrected chi connectivity index (χ4v) is 2.92. The van der Waals surface area contributed by atoms with Gasteiger partial charge in [-0.1, -0.05) is 12.1 Å². The van der Waals surface area contributed by atoms with Gasteiger partial charge in [0.1, 0.15) is 5.82 Å². The Bertz CT molecular complexity index is 922. The monoisotopic (exact) mass is 380 g/mol. The quantitative estimate of drug-likeness (QED) is 0.623. The highest BCUT2D eigenvalue weighted by Gasteiger charge is 2.19. The number of ether oxygens (including phenoxy) is 1. The largest absolute Gasteiger partial charge is 0.382 e. The minimum atomic E-state index is -0.298. The van der Waals surface area contributed by atoms with Crippen molar-refractivity contribution in [2.45, 2.75) is 13.0 Å². The van der Waals surface area contributed by atoms with Gasteiger partial charge in [0, 0.05) is 38.0 Å². The molecule has 1 unspecified atom stereocenters. The molecule has 8 heteroatoms. The number of nitrogens with one attached hydrogen (secondary N) is 2. The average molecular weight is 380 g/mol. The minimum Gasteiger partial charge on any atom is -0.382 e. The Morgan fingerprint density at radius 1 is 1.21 bits per heavy atom. The van der Waals surface area contributed by atoms with Gasteiger partial charge in [0.2, 0.25) is 0 Å². The van der Waals surface area contributed by atoms with Gasteiger partial charge >= 0.3 is 0 Å². The molecule has 0 radical (unpaired) electrons. The smallest absolute Gasteiger partial charge is 0.251 e. The van der Waals surface area contributed by atoms with E-state index in [1.807, 2.05) is 44.3 Å². The number of anilines is 1. The lowest BCUT2D eigenvalue weighted by Gasteiger charge is -2.18. The summed E-state index contributed by atoms with van der Waals surface area (Å²) in [5.41, 5.74) is 2.94. The Morgan fingerprint density at radius 3 is 2.71 bits per heavy atom. The summed E-state index contributed by atoms with van der Waals surface area (Å²) in [6.07, 6.45) is 1.69. The van der Waals surface area contributed by atoms with Crippen LogP contribution in [0.4, 0.5) is 5.82 Å². The minimum absolute atomic E-state index is 0.192. The van der Waals surface area contributed by atoms with Gasteiger partial charge in [0.15, 0.2) is 0 Å². The molecule has 3 rings (SSSR count). The fourth-order valence-electron chi connectivity index (χ4n) is 2.92. The third-order valence-corrected chi connectivity index (χ3v) is 4.30. The predicted molar refractivity (Wildman–Crippen MR) is 107 cm³/mol. The summed E-state index contributed by atoms with van der Waals surface area (Å²) in [7, 11) is 3.44. The number of methoxy groups -OCH3 is 1. The van der Waals surface area contributed by atoms with Gasteiger partial charge in [-0.25, -0.2) is 0 Å². The first kappa shape index (κ1) is 19.5. The Kier molecular flexibility index (Phi) is 6.33. The number of rotatable bonds is 8. The lowest BCUT2D eigenvalue weighted by Crippen LogP contribution is -2.32. The number of hydrogen-bond acceptors (Lipinski definition) is 6. The van der Waals surface area contributed by atoms with Crippen molar-refractivity contribution >= 4 is 11.7 Å². The summed E-state index contributed by atoms with van der Waals surface area (Å²) in [5.74, 6) is 0.529. The van der Waals surface area contributed by atoms with Crippen LogP contribution in [0.2, 0.25) is 0 Å². The molecule has 2 aromatic heterocycles. The Labute approximate surface area is 163 Å². The maximum Gasteiger partial charge on any atom is 0.251 e. The molecule has 0 aliphatic rings. The first-order valence-corrected chi connectivity index (χ1v) is 9.08. The van der Waals surface area contributed by atoms with Crippen molar-refractivity contribution in [3.8, 4) is 11.3 Å². The molecule has 0 aliphatic heterocycles. The highest BCUT2D eigenvalue weighted by Crippen LogP contribution is 2.20. The molecule has 2 N–H and O–H groups in total.